The van der Waals surface area contributed by atoms with E-state index in [0.717, 1.165) is 37.9 Å². The maximum atomic E-state index is 12.9. The van der Waals surface area contributed by atoms with Crippen LogP contribution in [0.15, 0.2) is 41.4 Å². The summed E-state index contributed by atoms with van der Waals surface area (Å²) in [4.78, 5) is 46.2. The molecule has 9 nitrogen and oxygen atoms in total. The molecule has 0 bridgehead atoms. The molecule has 0 saturated carbocycles. The third-order valence-corrected chi connectivity index (χ3v) is 6.90. The number of rotatable bonds is 8. The lowest BCUT2D eigenvalue weighted by molar-refractivity contribution is -0.132. The number of carbonyl (C=O) groups is 3. The van der Waals surface area contributed by atoms with Gasteiger partial charge in [-0.15, -0.1) is 0 Å². The highest BCUT2D eigenvalue weighted by molar-refractivity contribution is 6.19. The maximum Gasteiger partial charge on any atom is 0.242 e. The van der Waals surface area contributed by atoms with E-state index < -0.39 is 5.92 Å². The lowest BCUT2D eigenvalue weighted by atomic mass is 9.93. The third kappa shape index (κ3) is 5.60. The van der Waals surface area contributed by atoms with Crippen LogP contribution < -0.4 is 19.7 Å². The van der Waals surface area contributed by atoms with Crippen LogP contribution in [0.2, 0.25) is 0 Å². The number of nitrogens with zero attached hydrogens (tertiary/aromatic N) is 3. The van der Waals surface area contributed by atoms with Crippen molar-refractivity contribution in [3.05, 3.63) is 42.0 Å². The van der Waals surface area contributed by atoms with Crippen LogP contribution in [0.25, 0.3) is 0 Å². The molecule has 0 radical (unpaired) electrons. The average Bonchev–Trinajstić information content (AvgIpc) is 3.24. The lowest BCUT2D eigenvalue weighted by Crippen LogP contribution is -2.44. The van der Waals surface area contributed by atoms with Gasteiger partial charge in [-0.05, 0) is 61.6 Å². The number of hydrogen-bond acceptors (Lipinski definition) is 6. The monoisotopic (exact) mass is 506 g/mol. The average molecular weight is 507 g/mol. The normalized spacial score (nSPS) is 17.2. The largest absolute Gasteiger partial charge is 0.493 e. The van der Waals surface area contributed by atoms with E-state index in [1.807, 2.05) is 17.9 Å². The number of hydrogen-bond donors (Lipinski definition) is 1. The molecular formula is C28H34N4O5. The van der Waals surface area contributed by atoms with E-state index in [0.29, 0.717) is 40.7 Å². The van der Waals surface area contributed by atoms with Crippen molar-refractivity contribution in [3.63, 3.8) is 0 Å². The number of anilines is 2. The molecule has 2 aromatic rings. The first kappa shape index (κ1) is 26.2. The van der Waals surface area contributed by atoms with Gasteiger partial charge in [-0.1, -0.05) is 6.92 Å². The number of likely N-dealkylation sites (tertiary alicyclic amines) is 1. The van der Waals surface area contributed by atoms with Crippen molar-refractivity contribution in [3.8, 4) is 11.5 Å². The summed E-state index contributed by atoms with van der Waals surface area (Å²) in [5.41, 5.74) is 3.47. The van der Waals surface area contributed by atoms with Crippen LogP contribution in [0.5, 0.6) is 11.5 Å². The van der Waals surface area contributed by atoms with Gasteiger partial charge < -0.3 is 24.6 Å². The Morgan fingerprint density at radius 2 is 1.70 bits per heavy atom. The van der Waals surface area contributed by atoms with E-state index in [2.05, 4.69) is 5.32 Å². The van der Waals surface area contributed by atoms with Gasteiger partial charge in [0, 0.05) is 43.2 Å². The molecule has 4 rings (SSSR count). The SMILES string of the molecule is CCC(=Nc1ccc(N(CC(=O)N2CCCCC2)C(C)=O)cc1)C1C(=O)Nc2cc(OC)c(OC)cc21. The van der Waals surface area contributed by atoms with Crippen molar-refractivity contribution >= 4 is 40.5 Å². The number of benzene rings is 2. The van der Waals surface area contributed by atoms with Crippen molar-refractivity contribution < 1.29 is 23.9 Å². The summed E-state index contributed by atoms with van der Waals surface area (Å²) in [6.07, 6.45) is 3.71. The summed E-state index contributed by atoms with van der Waals surface area (Å²) in [6.45, 7) is 4.93. The van der Waals surface area contributed by atoms with Gasteiger partial charge in [0.15, 0.2) is 11.5 Å². The van der Waals surface area contributed by atoms with Crippen LogP contribution in [0.1, 0.15) is 51.0 Å². The molecule has 0 spiro atoms. The Bertz CT molecular complexity index is 1200. The highest BCUT2D eigenvalue weighted by Crippen LogP contribution is 2.42. The number of fused-ring (bicyclic) bond motifs is 1. The van der Waals surface area contributed by atoms with Gasteiger partial charge in [0.05, 0.1) is 19.9 Å². The van der Waals surface area contributed by atoms with Crippen LogP contribution in [0.3, 0.4) is 0 Å². The van der Waals surface area contributed by atoms with Crippen molar-refractivity contribution in [2.45, 2.75) is 45.4 Å². The summed E-state index contributed by atoms with van der Waals surface area (Å²) >= 11 is 0. The van der Waals surface area contributed by atoms with Gasteiger partial charge in [0.1, 0.15) is 12.5 Å². The fraction of sp³-hybridized carbons (Fsp3) is 0.429. The zero-order chi connectivity index (χ0) is 26.5. The fourth-order valence-corrected chi connectivity index (χ4v) is 4.90. The third-order valence-electron chi connectivity index (χ3n) is 6.90. The van der Waals surface area contributed by atoms with Gasteiger partial charge in [0.2, 0.25) is 17.7 Å². The van der Waals surface area contributed by atoms with E-state index in [1.54, 1.807) is 44.6 Å². The topological polar surface area (TPSA) is 101 Å². The Morgan fingerprint density at radius 3 is 2.30 bits per heavy atom. The number of amides is 3. The van der Waals surface area contributed by atoms with Crippen LogP contribution in [-0.4, -0.2) is 62.2 Å². The molecule has 196 valence electrons. The number of ether oxygens (including phenoxy) is 2. The van der Waals surface area contributed by atoms with Crippen LogP contribution in [0.4, 0.5) is 17.1 Å². The molecule has 2 aliphatic heterocycles. The highest BCUT2D eigenvalue weighted by atomic mass is 16.5. The Balaban J connectivity index is 1.56. The summed E-state index contributed by atoms with van der Waals surface area (Å²) in [5.74, 6) is 0.159. The molecule has 1 N–H and O–H groups in total. The van der Waals surface area contributed by atoms with E-state index in [1.165, 1.54) is 11.8 Å². The number of methoxy groups -OCH3 is 2. The molecule has 1 saturated heterocycles. The minimum absolute atomic E-state index is 0.0164. The van der Waals surface area contributed by atoms with Gasteiger partial charge in [-0.3, -0.25) is 19.4 Å². The number of nitrogens with one attached hydrogen (secondary N) is 1. The predicted octanol–water partition coefficient (Wildman–Crippen LogP) is 4.29. The molecule has 2 aromatic carbocycles. The molecule has 1 fully saturated rings. The molecule has 3 amide bonds. The Morgan fingerprint density at radius 1 is 1.05 bits per heavy atom. The maximum absolute atomic E-state index is 12.9. The highest BCUT2D eigenvalue weighted by Gasteiger charge is 2.35. The molecule has 0 aromatic heterocycles. The fourth-order valence-electron chi connectivity index (χ4n) is 4.90. The van der Waals surface area contributed by atoms with Gasteiger partial charge >= 0.3 is 0 Å². The minimum Gasteiger partial charge on any atom is -0.493 e. The Hall–Kier alpha value is -3.88. The molecule has 1 atom stereocenters. The zero-order valence-corrected chi connectivity index (χ0v) is 21.9. The smallest absolute Gasteiger partial charge is 0.242 e. The van der Waals surface area contributed by atoms with Gasteiger partial charge in [-0.2, -0.15) is 0 Å². The predicted molar refractivity (Wildman–Crippen MR) is 143 cm³/mol. The quantitative estimate of drug-likeness (QED) is 0.539. The summed E-state index contributed by atoms with van der Waals surface area (Å²) in [6, 6.07) is 10.7. The summed E-state index contributed by atoms with van der Waals surface area (Å²) < 4.78 is 10.8. The second-order valence-electron chi connectivity index (χ2n) is 9.24. The standard InChI is InChI=1S/C28H34N4O5/c1-5-22(27-21-15-24(36-3)25(37-4)16-23(21)30-28(27)35)29-19-9-11-20(12-10-19)32(18(2)33)17-26(34)31-13-7-6-8-14-31/h9-12,15-16,27H,5-8,13-14,17H2,1-4H3,(H,30,35). The number of carbonyl (C=O) groups excluding carboxylic acids is 3. The lowest BCUT2D eigenvalue weighted by Gasteiger charge is -2.29. The number of piperidine rings is 1. The van der Waals surface area contributed by atoms with Gasteiger partial charge in [0.25, 0.3) is 0 Å². The van der Waals surface area contributed by atoms with E-state index in [4.69, 9.17) is 14.5 Å². The van der Waals surface area contributed by atoms with Gasteiger partial charge in [-0.25, -0.2) is 0 Å². The molecular weight excluding hydrogens is 472 g/mol. The number of aliphatic imine (C=N–C) groups is 1. The van der Waals surface area contributed by atoms with E-state index in [9.17, 15) is 14.4 Å². The van der Waals surface area contributed by atoms with Crippen LogP contribution >= 0.6 is 0 Å². The molecule has 2 heterocycles. The molecule has 2 aliphatic rings. The van der Waals surface area contributed by atoms with Crippen molar-refractivity contribution in [2.75, 3.05) is 44.1 Å². The first-order chi connectivity index (χ1) is 17.9. The Labute approximate surface area is 217 Å². The second kappa shape index (κ2) is 11.5. The van der Waals surface area contributed by atoms with Crippen molar-refractivity contribution in [1.29, 1.82) is 0 Å². The van der Waals surface area contributed by atoms with E-state index >= 15 is 0 Å². The zero-order valence-electron chi connectivity index (χ0n) is 21.9. The first-order valence-electron chi connectivity index (χ1n) is 12.7. The summed E-state index contributed by atoms with van der Waals surface area (Å²) in [5, 5.41) is 2.92. The van der Waals surface area contributed by atoms with Crippen molar-refractivity contribution in [2.24, 2.45) is 4.99 Å². The molecule has 37 heavy (non-hydrogen) atoms. The Kier molecular flexibility index (Phi) is 8.11. The molecule has 1 unspecified atom stereocenters. The van der Waals surface area contributed by atoms with Crippen LogP contribution in [0, 0.1) is 0 Å². The molecule has 0 aliphatic carbocycles. The van der Waals surface area contributed by atoms with Crippen LogP contribution in [-0.2, 0) is 14.4 Å². The summed E-state index contributed by atoms with van der Waals surface area (Å²) in [7, 11) is 3.11. The van der Waals surface area contributed by atoms with Crippen molar-refractivity contribution in [1.82, 2.24) is 4.90 Å². The minimum atomic E-state index is -0.546. The molecule has 9 heteroatoms. The van der Waals surface area contributed by atoms with E-state index in [-0.39, 0.29) is 24.3 Å². The second-order valence-corrected chi connectivity index (χ2v) is 9.24. The first-order valence-corrected chi connectivity index (χ1v) is 12.7.